The van der Waals surface area contributed by atoms with Crippen molar-refractivity contribution in [3.8, 4) is 0 Å². The van der Waals surface area contributed by atoms with E-state index in [2.05, 4.69) is 15.3 Å². The zero-order valence-electron chi connectivity index (χ0n) is 12.4. The van der Waals surface area contributed by atoms with Crippen molar-refractivity contribution < 1.29 is 14.3 Å². The van der Waals surface area contributed by atoms with Crippen LogP contribution in [0.15, 0.2) is 18.6 Å². The lowest BCUT2D eigenvalue weighted by Crippen LogP contribution is -2.49. The summed E-state index contributed by atoms with van der Waals surface area (Å²) in [4.78, 5) is 34.0. The molecule has 0 radical (unpaired) electrons. The van der Waals surface area contributed by atoms with Gasteiger partial charge in [0.1, 0.15) is 11.8 Å². The van der Waals surface area contributed by atoms with Gasteiger partial charge in [-0.1, -0.05) is 0 Å². The van der Waals surface area contributed by atoms with Gasteiger partial charge in [0.25, 0.3) is 11.8 Å². The van der Waals surface area contributed by atoms with Crippen molar-refractivity contribution in [3.05, 3.63) is 24.3 Å². The molecule has 22 heavy (non-hydrogen) atoms. The fourth-order valence-electron chi connectivity index (χ4n) is 2.90. The Balaban J connectivity index is 1.47. The second-order valence-electron chi connectivity index (χ2n) is 5.67. The zero-order chi connectivity index (χ0) is 15.4. The summed E-state index contributed by atoms with van der Waals surface area (Å²) >= 11 is 0. The molecule has 1 aromatic rings. The smallest absolute Gasteiger partial charge is 0.271 e. The molecule has 0 spiro atoms. The second-order valence-corrected chi connectivity index (χ2v) is 5.67. The molecule has 0 saturated carbocycles. The van der Waals surface area contributed by atoms with Gasteiger partial charge < -0.3 is 15.0 Å². The minimum absolute atomic E-state index is 0.0723. The van der Waals surface area contributed by atoms with Crippen molar-refractivity contribution >= 4 is 11.8 Å². The molecule has 1 unspecified atom stereocenters. The molecule has 3 heterocycles. The predicted octanol–water partition coefficient (Wildman–Crippen LogP) is 0.376. The Hall–Kier alpha value is -2.02. The lowest BCUT2D eigenvalue weighted by atomic mass is 10.0. The average Bonchev–Trinajstić information content (AvgIpc) is 3.10. The van der Waals surface area contributed by atoms with Crippen LogP contribution < -0.4 is 5.32 Å². The third-order valence-corrected chi connectivity index (χ3v) is 4.14. The number of piperidine rings is 1. The quantitative estimate of drug-likeness (QED) is 0.872. The maximum atomic E-state index is 12.2. The van der Waals surface area contributed by atoms with Crippen molar-refractivity contribution in [2.75, 3.05) is 19.7 Å². The highest BCUT2D eigenvalue weighted by molar-refractivity contribution is 5.92. The van der Waals surface area contributed by atoms with E-state index in [1.165, 1.54) is 18.6 Å². The van der Waals surface area contributed by atoms with Crippen LogP contribution in [0.1, 0.15) is 36.2 Å². The van der Waals surface area contributed by atoms with E-state index < -0.39 is 0 Å². The third-order valence-electron chi connectivity index (χ3n) is 4.14. The number of likely N-dealkylation sites (tertiary alicyclic amines) is 1. The topological polar surface area (TPSA) is 84.4 Å². The lowest BCUT2D eigenvalue weighted by Gasteiger charge is -2.33. The van der Waals surface area contributed by atoms with Crippen LogP contribution in [0.5, 0.6) is 0 Å². The molecule has 0 aliphatic carbocycles. The monoisotopic (exact) mass is 304 g/mol. The van der Waals surface area contributed by atoms with E-state index in [1.54, 1.807) is 0 Å². The van der Waals surface area contributed by atoms with Crippen LogP contribution in [-0.2, 0) is 9.53 Å². The summed E-state index contributed by atoms with van der Waals surface area (Å²) in [5, 5.41) is 2.95. The van der Waals surface area contributed by atoms with Crippen molar-refractivity contribution in [2.45, 2.75) is 37.8 Å². The standard InChI is InChI=1S/C15H20N4O3/c20-14(12-10-16-5-6-17-12)18-11-3-7-19(8-4-11)15(21)13-2-1-9-22-13/h5-6,10-11,13H,1-4,7-9H2,(H,18,20). The highest BCUT2D eigenvalue weighted by Gasteiger charge is 2.31. The third kappa shape index (κ3) is 3.41. The molecule has 7 nitrogen and oxygen atoms in total. The molecule has 2 fully saturated rings. The number of nitrogens with one attached hydrogen (secondary N) is 1. The number of carbonyl (C=O) groups is 2. The highest BCUT2D eigenvalue weighted by Crippen LogP contribution is 2.18. The van der Waals surface area contributed by atoms with Crippen LogP contribution in [0.4, 0.5) is 0 Å². The van der Waals surface area contributed by atoms with E-state index in [1.807, 2.05) is 4.90 Å². The number of amides is 2. The SMILES string of the molecule is O=C(NC1CCN(C(=O)C2CCCO2)CC1)c1cnccn1. The number of aromatic nitrogens is 2. The molecule has 3 rings (SSSR count). The van der Waals surface area contributed by atoms with Crippen LogP contribution in [0.3, 0.4) is 0 Å². The van der Waals surface area contributed by atoms with Crippen LogP contribution in [0.2, 0.25) is 0 Å². The van der Waals surface area contributed by atoms with E-state index in [0.29, 0.717) is 25.4 Å². The van der Waals surface area contributed by atoms with Gasteiger partial charge in [-0.05, 0) is 25.7 Å². The van der Waals surface area contributed by atoms with Gasteiger partial charge in [-0.2, -0.15) is 0 Å². The number of nitrogens with zero attached hydrogens (tertiary/aromatic N) is 3. The summed E-state index contributed by atoms with van der Waals surface area (Å²) in [6.07, 6.45) is 7.51. The number of hydrogen-bond donors (Lipinski definition) is 1. The van der Waals surface area contributed by atoms with Crippen LogP contribution in [0.25, 0.3) is 0 Å². The van der Waals surface area contributed by atoms with Crippen molar-refractivity contribution in [1.29, 1.82) is 0 Å². The van der Waals surface area contributed by atoms with Gasteiger partial charge in [-0.15, -0.1) is 0 Å². The number of hydrogen-bond acceptors (Lipinski definition) is 5. The van der Waals surface area contributed by atoms with E-state index in [0.717, 1.165) is 25.7 Å². The maximum Gasteiger partial charge on any atom is 0.271 e. The second kappa shape index (κ2) is 6.83. The predicted molar refractivity (Wildman–Crippen MR) is 78.1 cm³/mol. The molecule has 7 heteroatoms. The summed E-state index contributed by atoms with van der Waals surface area (Å²) in [5.74, 6) is -0.117. The Kier molecular flexibility index (Phi) is 4.62. The molecule has 2 aliphatic rings. The summed E-state index contributed by atoms with van der Waals surface area (Å²) < 4.78 is 5.44. The van der Waals surface area contributed by atoms with Crippen LogP contribution in [-0.4, -0.2) is 58.5 Å². The summed E-state index contributed by atoms with van der Waals surface area (Å²) in [5.41, 5.74) is 0.320. The maximum absolute atomic E-state index is 12.2. The zero-order valence-corrected chi connectivity index (χ0v) is 12.4. The van der Waals surface area contributed by atoms with E-state index in [-0.39, 0.29) is 24.0 Å². The van der Waals surface area contributed by atoms with Gasteiger partial charge in [-0.3, -0.25) is 14.6 Å². The molecule has 2 saturated heterocycles. The normalized spacial score (nSPS) is 22.5. The molecular weight excluding hydrogens is 284 g/mol. The lowest BCUT2D eigenvalue weighted by molar-refractivity contribution is -0.142. The van der Waals surface area contributed by atoms with Crippen LogP contribution >= 0.6 is 0 Å². The van der Waals surface area contributed by atoms with Crippen molar-refractivity contribution in [3.63, 3.8) is 0 Å². The van der Waals surface area contributed by atoms with E-state index in [9.17, 15) is 9.59 Å². The summed E-state index contributed by atoms with van der Waals surface area (Å²) in [6, 6.07) is 0.0723. The molecule has 2 amide bonds. The number of ether oxygens (including phenoxy) is 1. The minimum Gasteiger partial charge on any atom is -0.368 e. The van der Waals surface area contributed by atoms with Crippen molar-refractivity contribution in [2.24, 2.45) is 0 Å². The first kappa shape index (κ1) is 14.9. The van der Waals surface area contributed by atoms with Gasteiger partial charge in [0.15, 0.2) is 0 Å². The molecule has 2 aliphatic heterocycles. The highest BCUT2D eigenvalue weighted by atomic mass is 16.5. The summed E-state index contributed by atoms with van der Waals surface area (Å²) in [6.45, 7) is 2.00. The van der Waals surface area contributed by atoms with E-state index in [4.69, 9.17) is 4.74 Å². The fraction of sp³-hybridized carbons (Fsp3) is 0.600. The molecule has 0 bridgehead atoms. The number of rotatable bonds is 3. The van der Waals surface area contributed by atoms with E-state index >= 15 is 0 Å². The Morgan fingerprint density at radius 2 is 2.05 bits per heavy atom. The Bertz CT molecular complexity index is 523. The molecule has 1 aromatic heterocycles. The molecular formula is C15H20N4O3. The van der Waals surface area contributed by atoms with Crippen molar-refractivity contribution in [1.82, 2.24) is 20.2 Å². The van der Waals surface area contributed by atoms with Gasteiger partial charge in [0.2, 0.25) is 0 Å². The first-order chi connectivity index (χ1) is 10.7. The average molecular weight is 304 g/mol. The molecule has 118 valence electrons. The minimum atomic E-state index is -0.259. The molecule has 1 atom stereocenters. The van der Waals surface area contributed by atoms with Gasteiger partial charge >= 0.3 is 0 Å². The Labute approximate surface area is 129 Å². The first-order valence-electron chi connectivity index (χ1n) is 7.71. The Morgan fingerprint density at radius 3 is 2.68 bits per heavy atom. The van der Waals surface area contributed by atoms with Gasteiger partial charge in [-0.25, -0.2) is 4.98 Å². The fourth-order valence-corrected chi connectivity index (χ4v) is 2.90. The molecule has 0 aromatic carbocycles. The Morgan fingerprint density at radius 1 is 1.23 bits per heavy atom. The van der Waals surface area contributed by atoms with Gasteiger partial charge in [0.05, 0.1) is 6.20 Å². The van der Waals surface area contributed by atoms with Crippen LogP contribution in [0, 0.1) is 0 Å². The summed E-state index contributed by atoms with van der Waals surface area (Å²) in [7, 11) is 0. The largest absolute Gasteiger partial charge is 0.368 e. The number of carbonyl (C=O) groups excluding carboxylic acids is 2. The molecule has 1 N–H and O–H groups in total. The van der Waals surface area contributed by atoms with Gasteiger partial charge in [0, 0.05) is 38.1 Å². The first-order valence-corrected chi connectivity index (χ1v) is 7.71.